The number of nitrogen functional groups attached to an aromatic ring is 2. The number of phosphoric acid groups is 2. The van der Waals surface area contributed by atoms with Crippen LogP contribution in [0.5, 0.6) is 0 Å². The molecule has 2 aliphatic rings. The highest BCUT2D eigenvalue weighted by Crippen LogP contribution is 2.68. The third-order valence-corrected chi connectivity index (χ3v) is 19.0. The van der Waals surface area contributed by atoms with Gasteiger partial charge in [-0.1, -0.05) is 20.8 Å². The molecule has 0 saturated carbocycles. The van der Waals surface area contributed by atoms with Gasteiger partial charge in [-0.2, -0.15) is 0 Å². The molecular weight excluding hydrogens is 825 g/mol. The second-order valence-electron chi connectivity index (χ2n) is 14.6. The first-order valence-corrected chi connectivity index (χ1v) is 24.6. The first kappa shape index (κ1) is 42.7. The van der Waals surface area contributed by atoms with Gasteiger partial charge in [0, 0.05) is 6.66 Å². The van der Waals surface area contributed by atoms with E-state index in [1.54, 1.807) is 0 Å². The fraction of sp³-hybridized carbons (Fsp3) is 0.630. The highest BCUT2D eigenvalue weighted by molar-refractivity contribution is 7.69. The minimum absolute atomic E-state index is 0.0455. The Balaban J connectivity index is 1.08. The number of imidazole rings is 2. The lowest BCUT2D eigenvalue weighted by Crippen LogP contribution is -2.48. The van der Waals surface area contributed by atoms with Crippen LogP contribution in [0.25, 0.3) is 22.3 Å². The largest absolute Gasteiger partial charge is 0.479 e. The maximum absolute atomic E-state index is 13.1. The molecule has 29 heteroatoms. The van der Waals surface area contributed by atoms with Crippen molar-refractivity contribution in [1.29, 1.82) is 0 Å². The summed E-state index contributed by atoms with van der Waals surface area (Å²) in [5.74, 6) is 0.138. The van der Waals surface area contributed by atoms with E-state index in [1.807, 2.05) is 33.9 Å². The summed E-state index contributed by atoms with van der Waals surface area (Å²) in [6.07, 6.45) is -6.03. The van der Waals surface area contributed by atoms with Crippen LogP contribution in [0.15, 0.2) is 25.3 Å². The van der Waals surface area contributed by atoms with Crippen LogP contribution in [0.2, 0.25) is 18.1 Å². The zero-order chi connectivity index (χ0) is 41.2. The van der Waals surface area contributed by atoms with E-state index in [9.17, 15) is 38.8 Å². The molecule has 0 spiro atoms. The number of fused-ring (bicyclic) bond motifs is 2. The van der Waals surface area contributed by atoms with Crippen molar-refractivity contribution in [2.45, 2.75) is 88.0 Å². The topological polar surface area (TPSA) is 356 Å². The van der Waals surface area contributed by atoms with Gasteiger partial charge < -0.3 is 50.5 Å². The number of nitrogens with zero attached hydrogens (tertiary/aromatic N) is 8. The SMILES string of the molecule is CC(C)(C)[Si](C)(C)O[C@@H]1[C@H](O)[C@@H](COP(=O)(O)OP(C)(=O)OP(=O)(O)OC[C@H]2O[C@@H](n3cnc4c(N)ncnc43)[C@H](O)[C@@H]2O)O[C@H]1n1cnc2c(N)ncnc21. The van der Waals surface area contributed by atoms with Crippen LogP contribution in [-0.2, 0) is 45.3 Å². The van der Waals surface area contributed by atoms with Crippen LogP contribution >= 0.6 is 23.2 Å². The summed E-state index contributed by atoms with van der Waals surface area (Å²) in [6.45, 7) is 8.73. The van der Waals surface area contributed by atoms with Gasteiger partial charge in [-0.05, 0) is 18.1 Å². The van der Waals surface area contributed by atoms with Gasteiger partial charge in [-0.3, -0.25) is 22.7 Å². The van der Waals surface area contributed by atoms with Crippen LogP contribution < -0.4 is 11.5 Å². The Labute approximate surface area is 319 Å². The van der Waals surface area contributed by atoms with Crippen LogP contribution in [0.4, 0.5) is 11.6 Å². The van der Waals surface area contributed by atoms with Crippen LogP contribution in [0.3, 0.4) is 0 Å². The minimum Gasteiger partial charge on any atom is -0.407 e. The van der Waals surface area contributed by atoms with E-state index in [1.165, 1.54) is 28.1 Å². The molecule has 2 saturated heterocycles. The molecule has 11 atom stereocenters. The number of ether oxygens (including phenoxy) is 2. The molecule has 4 aromatic rings. The van der Waals surface area contributed by atoms with Crippen LogP contribution in [-0.4, -0.2) is 129 Å². The zero-order valence-electron chi connectivity index (χ0n) is 30.7. The lowest BCUT2D eigenvalue weighted by molar-refractivity contribution is -0.0503. The summed E-state index contributed by atoms with van der Waals surface area (Å²) < 4.78 is 79.0. The quantitative estimate of drug-likeness (QED) is 0.0691. The van der Waals surface area contributed by atoms with Gasteiger partial charge in [0.2, 0.25) is 0 Å². The fourth-order valence-electron chi connectivity index (χ4n) is 5.71. The first-order valence-electron chi connectivity index (χ1n) is 16.7. The van der Waals surface area contributed by atoms with Crippen molar-refractivity contribution < 1.29 is 70.4 Å². The van der Waals surface area contributed by atoms with Crippen LogP contribution in [0.1, 0.15) is 33.2 Å². The summed E-state index contributed by atoms with van der Waals surface area (Å²) in [4.78, 5) is 45.1. The van der Waals surface area contributed by atoms with Crippen molar-refractivity contribution in [2.75, 3.05) is 31.3 Å². The van der Waals surface area contributed by atoms with Crippen molar-refractivity contribution in [3.05, 3.63) is 25.3 Å². The molecule has 6 heterocycles. The second kappa shape index (κ2) is 15.4. The first-order chi connectivity index (χ1) is 25.9. The Morgan fingerprint density at radius 2 is 1.20 bits per heavy atom. The number of hydrogen-bond acceptors (Lipinski definition) is 21. The average molecular weight is 869 g/mol. The van der Waals surface area contributed by atoms with Gasteiger partial charge in [0.1, 0.15) is 60.3 Å². The molecule has 0 radical (unpaired) electrons. The average Bonchev–Trinajstić information content (AvgIpc) is 3.84. The standard InChI is InChI=1S/C27H43N10O15P3Si/c1-27(2,3)56(5,6)50-20-18(39)14(49-26(20)37-12-35-16-22(29)31-10-33-24(16)37)8-47-55(44,45)52-53(4,41)51-54(42,43)46-7-13-17(38)19(40)25(48-13)36-11-34-15-21(28)30-9-32-23(15)36/h9-14,17-20,25-26,38-40H,7-8H2,1-6H3,(H,42,43)(H,44,45)(H2,28,30,32)(H2,29,31,33)/t13-,14-,17-,18-,19-,20-,25-,26-,53?/m1/s1. The lowest BCUT2D eigenvalue weighted by atomic mass is 10.1. The molecule has 25 nitrogen and oxygen atoms in total. The summed E-state index contributed by atoms with van der Waals surface area (Å²) in [5, 5.41) is 32.3. The Morgan fingerprint density at radius 1 is 0.750 bits per heavy atom. The Morgan fingerprint density at radius 3 is 1.68 bits per heavy atom. The van der Waals surface area contributed by atoms with E-state index >= 15 is 0 Å². The van der Waals surface area contributed by atoms with Crippen molar-refractivity contribution in [3.63, 3.8) is 0 Å². The maximum Gasteiger partial charge on any atom is 0.479 e. The summed E-state index contributed by atoms with van der Waals surface area (Å²) in [5.41, 5.74) is 12.6. The number of phosphoric ester groups is 2. The predicted octanol–water partition coefficient (Wildman–Crippen LogP) is 1.19. The summed E-state index contributed by atoms with van der Waals surface area (Å²) in [6, 6.07) is 0. The highest BCUT2D eigenvalue weighted by Gasteiger charge is 2.52. The van der Waals surface area contributed by atoms with E-state index in [2.05, 4.69) is 38.5 Å². The number of aliphatic hydroxyl groups excluding tert-OH is 3. The zero-order valence-corrected chi connectivity index (χ0v) is 34.4. The second-order valence-corrected chi connectivity index (χ2v) is 24.6. The third kappa shape index (κ3) is 8.76. The number of aliphatic hydroxyl groups is 3. The molecule has 2 aliphatic heterocycles. The van der Waals surface area contributed by atoms with Gasteiger partial charge in [-0.15, -0.1) is 0 Å². The van der Waals surface area contributed by atoms with Crippen molar-refractivity contribution >= 4 is 65.5 Å². The normalized spacial score (nSPS) is 29.4. The van der Waals surface area contributed by atoms with E-state index in [-0.39, 0.29) is 39.0 Å². The van der Waals surface area contributed by atoms with Crippen molar-refractivity contribution in [2.24, 2.45) is 0 Å². The highest BCUT2D eigenvalue weighted by atomic mass is 31.3. The molecule has 56 heavy (non-hydrogen) atoms. The van der Waals surface area contributed by atoms with Gasteiger partial charge >= 0.3 is 23.2 Å². The molecule has 310 valence electrons. The van der Waals surface area contributed by atoms with E-state index < -0.39 is 93.9 Å². The van der Waals surface area contributed by atoms with Crippen molar-refractivity contribution in [3.8, 4) is 0 Å². The van der Waals surface area contributed by atoms with Crippen molar-refractivity contribution in [1.82, 2.24) is 39.0 Å². The molecule has 2 fully saturated rings. The minimum atomic E-state index is -5.39. The number of rotatable bonds is 14. The Hall–Kier alpha value is -2.87. The molecule has 0 bridgehead atoms. The van der Waals surface area contributed by atoms with Crippen LogP contribution in [0, 0.1) is 0 Å². The fourth-order valence-corrected chi connectivity index (χ4v) is 11.4. The number of aromatic nitrogens is 8. The number of hydrogen-bond donors (Lipinski definition) is 7. The number of nitrogens with two attached hydrogens (primary N) is 2. The molecule has 9 N–H and O–H groups in total. The molecule has 6 rings (SSSR count). The van der Waals surface area contributed by atoms with Gasteiger partial charge in [0.15, 0.2) is 43.7 Å². The van der Waals surface area contributed by atoms with Gasteiger partial charge in [0.25, 0.3) is 0 Å². The molecule has 4 aromatic heterocycles. The molecule has 0 amide bonds. The maximum atomic E-state index is 13.1. The summed E-state index contributed by atoms with van der Waals surface area (Å²) >= 11 is 0. The van der Waals surface area contributed by atoms with Gasteiger partial charge in [-0.25, -0.2) is 47.7 Å². The Bertz CT molecular complexity index is 2220. The van der Waals surface area contributed by atoms with E-state index in [4.69, 9.17) is 34.4 Å². The smallest absolute Gasteiger partial charge is 0.407 e. The summed E-state index contributed by atoms with van der Waals surface area (Å²) in [7, 11) is -18.3. The van der Waals surface area contributed by atoms with E-state index in [0.29, 0.717) is 6.66 Å². The van der Waals surface area contributed by atoms with E-state index in [0.717, 1.165) is 6.33 Å². The third-order valence-electron chi connectivity index (χ3n) is 9.52. The molecule has 0 aliphatic carbocycles. The Kier molecular flexibility index (Phi) is 11.7. The lowest BCUT2D eigenvalue weighted by Gasteiger charge is -2.40. The predicted molar refractivity (Wildman–Crippen MR) is 195 cm³/mol. The molecule has 3 unspecified atom stereocenters. The number of anilines is 2. The molecular formula is C27H43N10O15P3Si. The monoisotopic (exact) mass is 868 g/mol. The van der Waals surface area contributed by atoms with Gasteiger partial charge in [0.05, 0.1) is 25.9 Å². The molecule has 0 aromatic carbocycles.